The molecular weight excluding hydrogens is 348 g/mol. The lowest BCUT2D eigenvalue weighted by Gasteiger charge is -2.36. The molecule has 1 aliphatic heterocycles. The molecule has 0 radical (unpaired) electrons. The predicted molar refractivity (Wildman–Crippen MR) is 87.2 cm³/mol. The first kappa shape index (κ1) is 16.7. The standard InChI is InChI=1S/C16H19BrN2O3/c1-3-15(20)18(2)10-16(21)19-8-9-22-11-14(19)12-4-6-13(17)7-5-12/h3-7,14H,1,8-11H2,2H3. The molecule has 0 bridgehead atoms. The van der Waals surface area contributed by atoms with Gasteiger partial charge in [0.2, 0.25) is 11.8 Å². The number of amides is 2. The number of carbonyl (C=O) groups excluding carboxylic acids is 2. The van der Waals surface area contributed by atoms with Gasteiger partial charge in [-0.15, -0.1) is 0 Å². The molecule has 5 nitrogen and oxygen atoms in total. The van der Waals surface area contributed by atoms with Crippen molar-refractivity contribution < 1.29 is 14.3 Å². The summed E-state index contributed by atoms with van der Waals surface area (Å²) in [6, 6.07) is 7.71. The maximum atomic E-state index is 12.5. The van der Waals surface area contributed by atoms with Gasteiger partial charge in [-0.3, -0.25) is 9.59 Å². The van der Waals surface area contributed by atoms with E-state index >= 15 is 0 Å². The van der Waals surface area contributed by atoms with Crippen LogP contribution in [0.25, 0.3) is 0 Å². The van der Waals surface area contributed by atoms with Crippen molar-refractivity contribution in [2.75, 3.05) is 33.4 Å². The Kier molecular flexibility index (Phi) is 5.74. The van der Waals surface area contributed by atoms with E-state index in [0.717, 1.165) is 10.0 Å². The number of hydrogen-bond donors (Lipinski definition) is 0. The van der Waals surface area contributed by atoms with E-state index in [1.807, 2.05) is 24.3 Å². The molecule has 1 unspecified atom stereocenters. The molecule has 0 aliphatic carbocycles. The van der Waals surface area contributed by atoms with Crippen LogP contribution in [0, 0.1) is 0 Å². The molecule has 1 aromatic carbocycles. The summed E-state index contributed by atoms with van der Waals surface area (Å²) in [5.41, 5.74) is 1.02. The molecule has 2 rings (SSSR count). The molecule has 22 heavy (non-hydrogen) atoms. The Morgan fingerprint density at radius 2 is 2.14 bits per heavy atom. The Balaban J connectivity index is 2.12. The zero-order chi connectivity index (χ0) is 16.1. The van der Waals surface area contributed by atoms with Crippen LogP contribution in [0.3, 0.4) is 0 Å². The summed E-state index contributed by atoms with van der Waals surface area (Å²) in [5, 5.41) is 0. The number of carbonyl (C=O) groups is 2. The molecule has 0 spiro atoms. The molecule has 1 heterocycles. The van der Waals surface area contributed by atoms with Crippen molar-refractivity contribution in [3.8, 4) is 0 Å². The Morgan fingerprint density at radius 1 is 1.45 bits per heavy atom. The summed E-state index contributed by atoms with van der Waals surface area (Å²) >= 11 is 3.40. The topological polar surface area (TPSA) is 49.9 Å². The van der Waals surface area contributed by atoms with Crippen LogP contribution in [0.15, 0.2) is 41.4 Å². The lowest BCUT2D eigenvalue weighted by atomic mass is 10.0. The van der Waals surface area contributed by atoms with Crippen molar-refractivity contribution >= 4 is 27.7 Å². The number of hydrogen-bond acceptors (Lipinski definition) is 3. The van der Waals surface area contributed by atoms with E-state index < -0.39 is 0 Å². The highest BCUT2D eigenvalue weighted by Crippen LogP contribution is 2.25. The average Bonchev–Trinajstić information content (AvgIpc) is 2.54. The molecule has 1 aliphatic rings. The van der Waals surface area contributed by atoms with Crippen molar-refractivity contribution in [1.29, 1.82) is 0 Å². The number of benzene rings is 1. The molecule has 2 amide bonds. The van der Waals surface area contributed by atoms with Gasteiger partial charge < -0.3 is 14.5 Å². The van der Waals surface area contributed by atoms with Crippen LogP contribution in [-0.2, 0) is 14.3 Å². The Morgan fingerprint density at radius 3 is 2.77 bits per heavy atom. The highest BCUT2D eigenvalue weighted by molar-refractivity contribution is 9.10. The van der Waals surface area contributed by atoms with Crippen molar-refractivity contribution in [2.45, 2.75) is 6.04 Å². The Hall–Kier alpha value is -1.66. The molecule has 6 heteroatoms. The third-order valence-electron chi connectivity index (χ3n) is 3.63. The van der Waals surface area contributed by atoms with Gasteiger partial charge in [0.1, 0.15) is 0 Å². The second-order valence-electron chi connectivity index (χ2n) is 5.13. The quantitative estimate of drug-likeness (QED) is 0.765. The molecule has 0 aromatic heterocycles. The van der Waals surface area contributed by atoms with Crippen LogP contribution < -0.4 is 0 Å². The molecule has 0 N–H and O–H groups in total. The zero-order valence-electron chi connectivity index (χ0n) is 12.5. The first-order chi connectivity index (χ1) is 10.5. The summed E-state index contributed by atoms with van der Waals surface area (Å²) in [4.78, 5) is 27.2. The summed E-state index contributed by atoms with van der Waals surface area (Å²) in [6.07, 6.45) is 1.21. The molecular formula is C16H19BrN2O3. The normalized spacial score (nSPS) is 17.9. The van der Waals surface area contributed by atoms with Gasteiger partial charge in [-0.25, -0.2) is 0 Å². The number of nitrogens with zero attached hydrogens (tertiary/aromatic N) is 2. The van der Waals surface area contributed by atoms with E-state index in [2.05, 4.69) is 22.5 Å². The summed E-state index contributed by atoms with van der Waals surface area (Å²) in [7, 11) is 1.59. The van der Waals surface area contributed by atoms with Gasteiger partial charge in [0.15, 0.2) is 0 Å². The summed E-state index contributed by atoms with van der Waals surface area (Å²) in [6.45, 7) is 4.97. The van der Waals surface area contributed by atoms with Crippen LogP contribution in [-0.4, -0.2) is 55.0 Å². The third kappa shape index (κ3) is 3.96. The number of likely N-dealkylation sites (N-methyl/N-ethyl adjacent to an activating group) is 1. The lowest BCUT2D eigenvalue weighted by molar-refractivity contribution is -0.144. The largest absolute Gasteiger partial charge is 0.377 e. The Labute approximate surface area is 138 Å². The van der Waals surface area contributed by atoms with Crippen LogP contribution in [0.4, 0.5) is 0 Å². The fourth-order valence-electron chi connectivity index (χ4n) is 2.39. The fourth-order valence-corrected chi connectivity index (χ4v) is 2.66. The third-order valence-corrected chi connectivity index (χ3v) is 4.16. The van der Waals surface area contributed by atoms with Crippen molar-refractivity contribution in [1.82, 2.24) is 9.80 Å². The number of halogens is 1. The van der Waals surface area contributed by atoms with Gasteiger partial charge in [0.25, 0.3) is 0 Å². The number of morpholine rings is 1. The zero-order valence-corrected chi connectivity index (χ0v) is 14.1. The average molecular weight is 367 g/mol. The van der Waals surface area contributed by atoms with Gasteiger partial charge in [-0.1, -0.05) is 34.6 Å². The van der Waals surface area contributed by atoms with E-state index in [1.165, 1.54) is 11.0 Å². The molecule has 1 aromatic rings. The van der Waals surface area contributed by atoms with Crippen LogP contribution >= 0.6 is 15.9 Å². The maximum Gasteiger partial charge on any atom is 0.246 e. The smallest absolute Gasteiger partial charge is 0.246 e. The minimum absolute atomic E-state index is 0.0396. The monoisotopic (exact) mass is 366 g/mol. The predicted octanol–water partition coefficient (Wildman–Crippen LogP) is 1.99. The van der Waals surface area contributed by atoms with Gasteiger partial charge in [-0.05, 0) is 23.8 Å². The van der Waals surface area contributed by atoms with E-state index in [0.29, 0.717) is 19.8 Å². The van der Waals surface area contributed by atoms with E-state index in [4.69, 9.17) is 4.74 Å². The highest BCUT2D eigenvalue weighted by atomic mass is 79.9. The minimum Gasteiger partial charge on any atom is -0.377 e. The van der Waals surface area contributed by atoms with Gasteiger partial charge in [0, 0.05) is 18.1 Å². The SMILES string of the molecule is C=CC(=O)N(C)CC(=O)N1CCOCC1c1ccc(Br)cc1. The van der Waals surface area contributed by atoms with Gasteiger partial charge >= 0.3 is 0 Å². The molecule has 0 saturated carbocycles. The van der Waals surface area contributed by atoms with Crippen LogP contribution in [0.2, 0.25) is 0 Å². The van der Waals surface area contributed by atoms with E-state index in [1.54, 1.807) is 11.9 Å². The van der Waals surface area contributed by atoms with Gasteiger partial charge in [-0.2, -0.15) is 0 Å². The fraction of sp³-hybridized carbons (Fsp3) is 0.375. The first-order valence-electron chi connectivity index (χ1n) is 7.03. The molecule has 1 fully saturated rings. The Bertz CT molecular complexity index is 559. The molecule has 118 valence electrons. The lowest BCUT2D eigenvalue weighted by Crippen LogP contribution is -2.47. The van der Waals surface area contributed by atoms with E-state index in [-0.39, 0.29) is 24.4 Å². The van der Waals surface area contributed by atoms with Crippen molar-refractivity contribution in [3.63, 3.8) is 0 Å². The first-order valence-corrected chi connectivity index (χ1v) is 7.82. The number of rotatable bonds is 4. The maximum absolute atomic E-state index is 12.5. The van der Waals surface area contributed by atoms with Crippen LogP contribution in [0.1, 0.15) is 11.6 Å². The van der Waals surface area contributed by atoms with E-state index in [9.17, 15) is 9.59 Å². The van der Waals surface area contributed by atoms with Crippen LogP contribution in [0.5, 0.6) is 0 Å². The van der Waals surface area contributed by atoms with Crippen molar-refractivity contribution in [3.05, 3.63) is 47.0 Å². The minimum atomic E-state index is -0.262. The van der Waals surface area contributed by atoms with Gasteiger partial charge in [0.05, 0.1) is 25.8 Å². The number of ether oxygens (including phenoxy) is 1. The summed E-state index contributed by atoms with van der Waals surface area (Å²) < 4.78 is 6.51. The molecule has 1 saturated heterocycles. The summed E-state index contributed by atoms with van der Waals surface area (Å²) in [5.74, 6) is -0.351. The second-order valence-corrected chi connectivity index (χ2v) is 6.04. The van der Waals surface area contributed by atoms with Crippen molar-refractivity contribution in [2.24, 2.45) is 0 Å². The second kappa shape index (κ2) is 7.56. The molecule has 1 atom stereocenters. The highest BCUT2D eigenvalue weighted by Gasteiger charge is 2.29.